The molecule has 0 aliphatic carbocycles. The van der Waals surface area contributed by atoms with Crippen LogP contribution in [0.25, 0.3) is 11.0 Å². The Labute approximate surface area is 247 Å². The van der Waals surface area contributed by atoms with E-state index in [1.54, 1.807) is 0 Å². The van der Waals surface area contributed by atoms with Gasteiger partial charge in [0.05, 0.1) is 16.1 Å². The van der Waals surface area contributed by atoms with E-state index in [0.717, 1.165) is 55.6 Å². The number of halogens is 2. The van der Waals surface area contributed by atoms with Crippen LogP contribution in [0.15, 0.2) is 42.5 Å². The van der Waals surface area contributed by atoms with Crippen molar-refractivity contribution in [3.8, 4) is 0 Å². The molecule has 41 heavy (non-hydrogen) atoms. The number of fused-ring (bicyclic) bond motifs is 3. The van der Waals surface area contributed by atoms with Crippen LogP contribution < -0.4 is 0 Å². The zero-order valence-corrected chi connectivity index (χ0v) is 25.5. The Hall–Kier alpha value is -2.64. The van der Waals surface area contributed by atoms with Crippen molar-refractivity contribution in [1.29, 1.82) is 0 Å². The molecule has 1 unspecified atom stereocenters. The van der Waals surface area contributed by atoms with Crippen LogP contribution in [-0.2, 0) is 10.2 Å². The largest absolute Gasteiger partial charge is 0.444 e. The number of amides is 1. The lowest BCUT2D eigenvalue weighted by Crippen LogP contribution is -2.49. The number of aryl methyl sites for hydroxylation is 1. The molecule has 3 saturated heterocycles. The first-order valence-corrected chi connectivity index (χ1v) is 15.5. The lowest BCUT2D eigenvalue weighted by Gasteiger charge is -2.45. The molecule has 0 spiro atoms. The summed E-state index contributed by atoms with van der Waals surface area (Å²) in [4.78, 5) is 22.2. The van der Waals surface area contributed by atoms with E-state index in [4.69, 9.17) is 21.3 Å². The van der Waals surface area contributed by atoms with Crippen LogP contribution in [0.3, 0.4) is 0 Å². The Morgan fingerprint density at radius 2 is 1.76 bits per heavy atom. The van der Waals surface area contributed by atoms with Crippen LogP contribution in [0.1, 0.15) is 83.1 Å². The Morgan fingerprint density at radius 1 is 1.07 bits per heavy atom. The van der Waals surface area contributed by atoms with Gasteiger partial charge in [-0.15, -0.1) is 0 Å². The van der Waals surface area contributed by atoms with Crippen molar-refractivity contribution in [3.05, 3.63) is 64.7 Å². The first-order valence-electron chi connectivity index (χ1n) is 15.2. The standard InChI is InChI=1S/C33H42ClFN4O2/c1-22-36-29-7-5-6-8-30(29)39(22)26-20-24-10-11-25(21-26)38(24)18-15-33(23-9-12-28(35)27(34)19-23)13-16-37(17-14-33)31(40)41-32(2,3)4/h5-9,12,19,24-26H,10-11,13-18,20-21H2,1-4H3/t24-,25+,26?. The summed E-state index contributed by atoms with van der Waals surface area (Å²) < 4.78 is 22.3. The van der Waals surface area contributed by atoms with Gasteiger partial charge in [-0.25, -0.2) is 14.2 Å². The number of rotatable bonds is 5. The predicted octanol–water partition coefficient (Wildman–Crippen LogP) is 7.66. The van der Waals surface area contributed by atoms with Gasteiger partial charge in [0.25, 0.3) is 0 Å². The maximum atomic E-state index is 14.2. The lowest BCUT2D eigenvalue weighted by molar-refractivity contribution is 0.0144. The summed E-state index contributed by atoms with van der Waals surface area (Å²) >= 11 is 6.29. The number of carbonyl (C=O) groups excluding carboxylic acids is 1. The Bertz CT molecular complexity index is 1410. The van der Waals surface area contributed by atoms with E-state index in [1.807, 2.05) is 37.8 Å². The molecule has 2 bridgehead atoms. The highest BCUT2D eigenvalue weighted by molar-refractivity contribution is 6.30. The van der Waals surface area contributed by atoms with Crippen molar-refractivity contribution in [1.82, 2.24) is 19.4 Å². The first-order chi connectivity index (χ1) is 19.5. The van der Waals surface area contributed by atoms with Gasteiger partial charge in [0.1, 0.15) is 17.2 Å². The van der Waals surface area contributed by atoms with Gasteiger partial charge < -0.3 is 14.2 Å². The van der Waals surface area contributed by atoms with Gasteiger partial charge in [-0.2, -0.15) is 0 Å². The molecule has 1 amide bonds. The molecule has 8 heteroatoms. The fourth-order valence-corrected chi connectivity index (χ4v) is 7.92. The lowest BCUT2D eigenvalue weighted by atomic mass is 9.70. The number of carbonyl (C=O) groups is 1. The molecular formula is C33H42ClFN4O2. The molecule has 3 atom stereocenters. The molecule has 6 nitrogen and oxygen atoms in total. The van der Waals surface area contributed by atoms with Crippen LogP contribution >= 0.6 is 11.6 Å². The third-order valence-electron chi connectivity index (χ3n) is 9.75. The van der Waals surface area contributed by atoms with Crippen LogP contribution in [0.4, 0.5) is 9.18 Å². The minimum absolute atomic E-state index is 0.163. The summed E-state index contributed by atoms with van der Waals surface area (Å²) in [5.74, 6) is 0.715. The quantitative estimate of drug-likeness (QED) is 0.311. The van der Waals surface area contributed by atoms with E-state index in [9.17, 15) is 9.18 Å². The summed E-state index contributed by atoms with van der Waals surface area (Å²) in [5, 5.41) is 0.167. The number of likely N-dealkylation sites (tertiary alicyclic amines) is 1. The van der Waals surface area contributed by atoms with Crippen LogP contribution in [0, 0.1) is 12.7 Å². The SMILES string of the molecule is Cc1nc2ccccc2n1C1C[C@H]2CC[C@@H](C1)N2CCC1(c2ccc(F)c(Cl)c2)CCN(C(=O)OC(C)(C)C)CC1. The summed E-state index contributed by atoms with van der Waals surface area (Å²) in [6.07, 6.45) is 7.05. The topological polar surface area (TPSA) is 50.6 Å². The van der Waals surface area contributed by atoms with E-state index in [1.165, 1.54) is 24.4 Å². The highest BCUT2D eigenvalue weighted by atomic mass is 35.5. The van der Waals surface area contributed by atoms with Crippen molar-refractivity contribution < 1.29 is 13.9 Å². The molecular weight excluding hydrogens is 539 g/mol. The Balaban J connectivity index is 1.19. The van der Waals surface area contributed by atoms with Gasteiger partial charge in [0, 0.05) is 31.2 Å². The molecule has 4 heterocycles. The van der Waals surface area contributed by atoms with Crippen LogP contribution in [0.5, 0.6) is 0 Å². The van der Waals surface area contributed by atoms with Gasteiger partial charge in [-0.1, -0.05) is 29.8 Å². The van der Waals surface area contributed by atoms with Crippen molar-refractivity contribution in [2.75, 3.05) is 19.6 Å². The summed E-state index contributed by atoms with van der Waals surface area (Å²) in [7, 11) is 0. The average molecular weight is 581 g/mol. The van der Waals surface area contributed by atoms with Gasteiger partial charge in [0.2, 0.25) is 0 Å². The zero-order chi connectivity index (χ0) is 28.9. The van der Waals surface area contributed by atoms with Crippen molar-refractivity contribution in [2.45, 2.75) is 102 Å². The molecule has 3 aliphatic rings. The number of para-hydroxylation sites is 2. The van der Waals surface area contributed by atoms with Crippen molar-refractivity contribution in [3.63, 3.8) is 0 Å². The Kier molecular flexibility index (Phi) is 7.56. The summed E-state index contributed by atoms with van der Waals surface area (Å²) in [5.41, 5.74) is 2.71. The molecule has 2 aromatic carbocycles. The van der Waals surface area contributed by atoms with Gasteiger partial charge >= 0.3 is 6.09 Å². The highest BCUT2D eigenvalue weighted by Crippen LogP contribution is 2.45. The molecule has 1 aromatic heterocycles. The van der Waals surface area contributed by atoms with Gasteiger partial charge in [-0.3, -0.25) is 4.90 Å². The minimum atomic E-state index is -0.525. The third-order valence-corrected chi connectivity index (χ3v) is 10.0. The Morgan fingerprint density at radius 3 is 2.41 bits per heavy atom. The molecule has 3 aliphatic heterocycles. The molecule has 220 valence electrons. The van der Waals surface area contributed by atoms with Crippen molar-refractivity contribution in [2.24, 2.45) is 0 Å². The molecule has 0 radical (unpaired) electrons. The monoisotopic (exact) mass is 580 g/mol. The summed E-state index contributed by atoms with van der Waals surface area (Å²) in [6.45, 7) is 10.1. The maximum Gasteiger partial charge on any atom is 0.410 e. The number of imidazole rings is 1. The van der Waals surface area contributed by atoms with Crippen LogP contribution in [0.2, 0.25) is 5.02 Å². The van der Waals surface area contributed by atoms with Gasteiger partial charge in [0.15, 0.2) is 0 Å². The smallest absolute Gasteiger partial charge is 0.410 e. The van der Waals surface area contributed by atoms with E-state index in [-0.39, 0.29) is 22.3 Å². The number of nitrogens with zero attached hydrogens (tertiary/aromatic N) is 4. The highest BCUT2D eigenvalue weighted by Gasteiger charge is 2.44. The third kappa shape index (κ3) is 5.60. The minimum Gasteiger partial charge on any atom is -0.444 e. The average Bonchev–Trinajstić information content (AvgIpc) is 3.38. The van der Waals surface area contributed by atoms with Crippen LogP contribution in [-0.4, -0.2) is 62.8 Å². The van der Waals surface area contributed by atoms with E-state index in [0.29, 0.717) is 31.2 Å². The number of piperidine rings is 2. The molecule has 3 fully saturated rings. The predicted molar refractivity (Wildman–Crippen MR) is 161 cm³/mol. The second-order valence-electron chi connectivity index (χ2n) is 13.4. The molecule has 0 saturated carbocycles. The summed E-state index contributed by atoms with van der Waals surface area (Å²) in [6, 6.07) is 15.3. The molecule has 0 N–H and O–H groups in total. The van der Waals surface area contributed by atoms with E-state index >= 15 is 0 Å². The number of hydrogen-bond acceptors (Lipinski definition) is 4. The molecule has 3 aromatic rings. The van der Waals surface area contributed by atoms with E-state index < -0.39 is 5.60 Å². The first kappa shape index (κ1) is 28.5. The fourth-order valence-electron chi connectivity index (χ4n) is 7.74. The molecule has 6 rings (SSSR count). The van der Waals surface area contributed by atoms with Crippen molar-refractivity contribution >= 4 is 28.7 Å². The normalized spacial score (nSPS) is 24.6. The maximum absolute atomic E-state index is 14.2. The van der Waals surface area contributed by atoms with E-state index in [2.05, 4.69) is 40.7 Å². The van der Waals surface area contributed by atoms with Gasteiger partial charge in [-0.05, 0) is 114 Å². The number of benzene rings is 2. The fraction of sp³-hybridized carbons (Fsp3) is 0.576. The number of hydrogen-bond donors (Lipinski definition) is 0. The number of ether oxygens (including phenoxy) is 1. The second-order valence-corrected chi connectivity index (χ2v) is 13.8. The number of aromatic nitrogens is 2. The zero-order valence-electron chi connectivity index (χ0n) is 24.7. The second kappa shape index (κ2) is 10.9.